The van der Waals surface area contributed by atoms with Crippen LogP contribution < -0.4 is 15.0 Å². The van der Waals surface area contributed by atoms with Crippen molar-refractivity contribution in [1.29, 1.82) is 0 Å². The number of furan rings is 1. The molecule has 0 atom stereocenters. The molecule has 0 unspecified atom stereocenters. The monoisotopic (exact) mass is 526 g/mol. The minimum absolute atomic E-state index is 0.0297. The maximum Gasteiger partial charge on any atom is 0.315 e. The molecule has 0 radical (unpaired) electrons. The van der Waals surface area contributed by atoms with Gasteiger partial charge in [-0.05, 0) is 35.7 Å². The lowest BCUT2D eigenvalue weighted by Gasteiger charge is -2.20. The molecule has 198 valence electrons. The van der Waals surface area contributed by atoms with Gasteiger partial charge < -0.3 is 13.9 Å². The maximum absolute atomic E-state index is 13.5. The number of benzene rings is 3. The van der Waals surface area contributed by atoms with Crippen LogP contribution in [0.1, 0.15) is 26.3 Å². The number of fused-ring (bicyclic) bond motifs is 2. The zero-order chi connectivity index (χ0) is 27.7. The highest BCUT2D eigenvalue weighted by Crippen LogP contribution is 2.39. The van der Waals surface area contributed by atoms with Crippen LogP contribution in [-0.4, -0.2) is 34.5 Å². The summed E-state index contributed by atoms with van der Waals surface area (Å²) < 4.78 is 18.3. The normalized spacial score (nSPS) is 11.9. The first-order valence-electron chi connectivity index (χ1n) is 12.2. The van der Waals surface area contributed by atoms with Gasteiger partial charge in [0.25, 0.3) is 5.56 Å². The van der Waals surface area contributed by atoms with Crippen LogP contribution in [-0.2, 0) is 0 Å². The Morgan fingerprint density at radius 2 is 1.85 bits per heavy atom. The lowest BCUT2D eigenvalue weighted by Crippen LogP contribution is -2.20. The number of methoxy groups -OCH3 is 1. The Bertz CT molecular complexity index is 1760. The van der Waals surface area contributed by atoms with Crippen LogP contribution >= 0.6 is 0 Å². The van der Waals surface area contributed by atoms with Crippen LogP contribution in [0.4, 0.5) is 5.69 Å². The first-order valence-corrected chi connectivity index (χ1v) is 12.2. The van der Waals surface area contributed by atoms with Gasteiger partial charge in [0, 0.05) is 17.0 Å². The molecule has 0 aliphatic heterocycles. The number of hydrogen-bond donors (Lipinski definition) is 0. The number of rotatable bonds is 7. The Hall–Kier alpha value is -4.99. The summed E-state index contributed by atoms with van der Waals surface area (Å²) in [5.41, 5.74) is 0.535. The molecule has 0 spiro atoms. The van der Waals surface area contributed by atoms with Crippen LogP contribution in [0.5, 0.6) is 11.5 Å². The summed E-state index contributed by atoms with van der Waals surface area (Å²) in [6, 6.07) is 19.1. The van der Waals surface area contributed by atoms with Gasteiger partial charge in [-0.1, -0.05) is 51.1 Å². The topological polar surface area (TPSA) is 122 Å². The predicted octanol–water partition coefficient (Wildman–Crippen LogP) is 6.03. The second-order valence-corrected chi connectivity index (χ2v) is 10.1. The van der Waals surface area contributed by atoms with E-state index in [1.807, 2.05) is 45.0 Å². The molecule has 0 amide bonds. The minimum Gasteiger partial charge on any atom is -0.493 e. The third kappa shape index (κ3) is 5.22. The minimum atomic E-state index is -0.540. The molecule has 2 heterocycles. The molecule has 10 heteroatoms. The lowest BCUT2D eigenvalue weighted by atomic mass is 9.98. The van der Waals surface area contributed by atoms with Crippen LogP contribution in [0.3, 0.4) is 0 Å². The fourth-order valence-electron chi connectivity index (χ4n) is 4.01. The van der Waals surface area contributed by atoms with Crippen molar-refractivity contribution in [3.63, 3.8) is 0 Å². The summed E-state index contributed by atoms with van der Waals surface area (Å²) in [4.78, 5) is 29.5. The first kappa shape index (κ1) is 25.7. The van der Waals surface area contributed by atoms with E-state index in [9.17, 15) is 14.9 Å². The molecule has 3 aromatic carbocycles. The fourth-order valence-corrected chi connectivity index (χ4v) is 4.01. The molecule has 0 aliphatic carbocycles. The fraction of sp³-hybridized carbons (Fsp3) is 0.207. The van der Waals surface area contributed by atoms with Crippen LogP contribution in [0, 0.1) is 15.5 Å². The molecular formula is C29H26N4O6. The Kier molecular flexibility index (Phi) is 6.61. The average molecular weight is 527 g/mol. The van der Waals surface area contributed by atoms with E-state index in [1.165, 1.54) is 19.4 Å². The Labute approximate surface area is 223 Å². The average Bonchev–Trinajstić information content (AvgIpc) is 3.35. The quantitative estimate of drug-likeness (QED) is 0.144. The van der Waals surface area contributed by atoms with Crippen molar-refractivity contribution in [3.8, 4) is 23.1 Å². The number of nitro groups is 1. The second-order valence-electron chi connectivity index (χ2n) is 10.1. The van der Waals surface area contributed by atoms with Gasteiger partial charge in [-0.2, -0.15) is 9.78 Å². The number of nitro benzene ring substituents is 1. The summed E-state index contributed by atoms with van der Waals surface area (Å²) in [6.45, 7) is 6.13. The number of aromatic nitrogens is 2. The second kappa shape index (κ2) is 10.1. The molecule has 0 saturated heterocycles. The molecule has 39 heavy (non-hydrogen) atoms. The summed E-state index contributed by atoms with van der Waals surface area (Å²) in [7, 11) is 1.40. The third-order valence-electron chi connectivity index (χ3n) is 5.85. The Morgan fingerprint density at radius 1 is 1.10 bits per heavy atom. The van der Waals surface area contributed by atoms with Crippen LogP contribution in [0.2, 0.25) is 0 Å². The number of ether oxygens (including phenoxy) is 2. The summed E-state index contributed by atoms with van der Waals surface area (Å²) in [5.74, 6) is 0.752. The zero-order valence-corrected chi connectivity index (χ0v) is 21.9. The lowest BCUT2D eigenvalue weighted by molar-refractivity contribution is -0.386. The molecule has 5 rings (SSSR count). The summed E-state index contributed by atoms with van der Waals surface area (Å²) in [6.07, 6.45) is 1.34. The predicted molar refractivity (Wildman–Crippen MR) is 149 cm³/mol. The smallest absolute Gasteiger partial charge is 0.315 e. The van der Waals surface area contributed by atoms with E-state index in [1.54, 1.807) is 36.4 Å². The van der Waals surface area contributed by atoms with Gasteiger partial charge in [0.1, 0.15) is 5.58 Å². The van der Waals surface area contributed by atoms with Crippen molar-refractivity contribution in [3.05, 3.63) is 92.8 Å². The largest absolute Gasteiger partial charge is 0.493 e. The zero-order valence-electron chi connectivity index (χ0n) is 21.9. The van der Waals surface area contributed by atoms with Crippen molar-refractivity contribution in [2.24, 2.45) is 10.5 Å². The van der Waals surface area contributed by atoms with E-state index in [2.05, 4.69) is 10.1 Å². The highest BCUT2D eigenvalue weighted by molar-refractivity contribution is 5.85. The van der Waals surface area contributed by atoms with Crippen molar-refractivity contribution >= 4 is 33.8 Å². The number of hydrogen-bond acceptors (Lipinski definition) is 8. The molecule has 0 N–H and O–H groups in total. The Morgan fingerprint density at radius 3 is 2.56 bits per heavy atom. The number of nitrogens with zero attached hydrogens (tertiary/aromatic N) is 4. The molecular weight excluding hydrogens is 500 g/mol. The van der Waals surface area contributed by atoms with E-state index in [0.29, 0.717) is 27.8 Å². The van der Waals surface area contributed by atoms with E-state index in [-0.39, 0.29) is 35.0 Å². The van der Waals surface area contributed by atoms with Gasteiger partial charge in [-0.3, -0.25) is 14.9 Å². The van der Waals surface area contributed by atoms with E-state index >= 15 is 0 Å². The standard InChI is InChI=1S/C29H26N4O6/c1-29(2,3)17-38-26-22(33(35)36)13-18(14-24(26)37-4)16-30-32-27(25-15-19-9-5-8-12-23(19)39-25)31-21-11-7-6-10-20(21)28(32)34/h5-16H,17H2,1-4H3. The summed E-state index contributed by atoms with van der Waals surface area (Å²) in [5, 5.41) is 17.5. The summed E-state index contributed by atoms with van der Waals surface area (Å²) >= 11 is 0. The maximum atomic E-state index is 13.5. The molecule has 10 nitrogen and oxygen atoms in total. The molecule has 0 fully saturated rings. The van der Waals surface area contributed by atoms with Crippen molar-refractivity contribution in [2.75, 3.05) is 13.7 Å². The first-order chi connectivity index (χ1) is 18.6. The van der Waals surface area contributed by atoms with E-state index in [0.717, 1.165) is 10.1 Å². The van der Waals surface area contributed by atoms with Gasteiger partial charge in [-0.25, -0.2) is 4.98 Å². The SMILES string of the molecule is COc1cc(C=Nn2c(-c3cc4ccccc4o3)nc3ccccc3c2=O)cc([N+](=O)[O-])c1OCC(C)(C)C. The van der Waals surface area contributed by atoms with Crippen LogP contribution in [0.25, 0.3) is 33.5 Å². The van der Waals surface area contributed by atoms with Gasteiger partial charge in [-0.15, -0.1) is 0 Å². The van der Waals surface area contributed by atoms with E-state index < -0.39 is 10.5 Å². The van der Waals surface area contributed by atoms with Crippen molar-refractivity contribution in [1.82, 2.24) is 9.66 Å². The van der Waals surface area contributed by atoms with Gasteiger partial charge >= 0.3 is 5.69 Å². The van der Waals surface area contributed by atoms with E-state index in [4.69, 9.17) is 13.9 Å². The van der Waals surface area contributed by atoms with Gasteiger partial charge in [0.2, 0.25) is 11.6 Å². The third-order valence-corrected chi connectivity index (χ3v) is 5.85. The van der Waals surface area contributed by atoms with Crippen molar-refractivity contribution < 1.29 is 18.8 Å². The van der Waals surface area contributed by atoms with Crippen molar-refractivity contribution in [2.45, 2.75) is 20.8 Å². The van der Waals surface area contributed by atoms with Crippen LogP contribution in [0.15, 0.2) is 81.0 Å². The molecule has 0 aliphatic rings. The molecule has 2 aromatic heterocycles. The van der Waals surface area contributed by atoms with Gasteiger partial charge in [0.05, 0.1) is 35.8 Å². The Balaban J connectivity index is 1.64. The highest BCUT2D eigenvalue weighted by atomic mass is 16.6. The highest BCUT2D eigenvalue weighted by Gasteiger charge is 2.24. The molecule has 5 aromatic rings. The van der Waals surface area contributed by atoms with Gasteiger partial charge in [0.15, 0.2) is 11.5 Å². The molecule has 0 saturated carbocycles. The molecule has 0 bridgehead atoms. The number of para-hydroxylation sites is 2.